The minimum absolute atomic E-state index is 0.0532. The third kappa shape index (κ3) is 2.62. The standard InChI is InChI=1S/C13H11NOS/c1-10(15)14-7-2-3-11-4-5-13-12(9-11)6-8-16-13/h4-6,8-9H,7H2,1H3,(H,14,15). The van der Waals surface area contributed by atoms with E-state index >= 15 is 0 Å². The minimum atomic E-state index is -0.0532. The van der Waals surface area contributed by atoms with Crippen LogP contribution >= 0.6 is 11.3 Å². The topological polar surface area (TPSA) is 29.1 Å². The van der Waals surface area contributed by atoms with Gasteiger partial charge in [-0.15, -0.1) is 11.3 Å². The van der Waals surface area contributed by atoms with Crippen LogP contribution in [-0.4, -0.2) is 12.5 Å². The molecule has 0 saturated heterocycles. The van der Waals surface area contributed by atoms with Crippen LogP contribution in [0.4, 0.5) is 0 Å². The number of amides is 1. The van der Waals surface area contributed by atoms with Gasteiger partial charge in [-0.25, -0.2) is 0 Å². The predicted octanol–water partition coefficient (Wildman–Crippen LogP) is 2.39. The molecule has 16 heavy (non-hydrogen) atoms. The molecule has 2 nitrogen and oxygen atoms in total. The second-order valence-corrected chi connectivity index (χ2v) is 4.33. The summed E-state index contributed by atoms with van der Waals surface area (Å²) in [5.41, 5.74) is 0.983. The highest BCUT2D eigenvalue weighted by molar-refractivity contribution is 7.17. The van der Waals surface area contributed by atoms with Gasteiger partial charge in [0.15, 0.2) is 0 Å². The average Bonchev–Trinajstić information content (AvgIpc) is 2.71. The fourth-order valence-electron chi connectivity index (χ4n) is 1.36. The summed E-state index contributed by atoms with van der Waals surface area (Å²) in [4.78, 5) is 10.6. The van der Waals surface area contributed by atoms with Gasteiger partial charge in [0.25, 0.3) is 0 Å². The molecule has 2 aromatic rings. The van der Waals surface area contributed by atoms with E-state index in [-0.39, 0.29) is 5.91 Å². The zero-order valence-corrected chi connectivity index (χ0v) is 9.73. The Kier molecular flexibility index (Phi) is 3.23. The second kappa shape index (κ2) is 4.82. The Hall–Kier alpha value is -1.79. The molecule has 1 N–H and O–H groups in total. The molecule has 3 heteroatoms. The summed E-state index contributed by atoms with van der Waals surface area (Å²) in [6, 6.07) is 8.22. The van der Waals surface area contributed by atoms with Crippen LogP contribution in [0.15, 0.2) is 29.6 Å². The molecule has 0 aliphatic heterocycles. The molecule has 2 rings (SSSR count). The van der Waals surface area contributed by atoms with Gasteiger partial charge in [-0.05, 0) is 35.0 Å². The maximum Gasteiger partial charge on any atom is 0.217 e. The van der Waals surface area contributed by atoms with Gasteiger partial charge in [-0.3, -0.25) is 4.79 Å². The summed E-state index contributed by atoms with van der Waals surface area (Å²) < 4.78 is 1.27. The lowest BCUT2D eigenvalue weighted by atomic mass is 10.2. The number of carbonyl (C=O) groups excluding carboxylic acids is 1. The number of benzene rings is 1. The molecule has 1 aromatic carbocycles. The zero-order valence-electron chi connectivity index (χ0n) is 8.91. The first-order valence-electron chi connectivity index (χ1n) is 4.96. The van der Waals surface area contributed by atoms with Crippen LogP contribution in [0.3, 0.4) is 0 Å². The Bertz CT molecular complexity index is 574. The molecule has 0 bridgehead atoms. The van der Waals surface area contributed by atoms with E-state index in [1.807, 2.05) is 6.07 Å². The Morgan fingerprint density at radius 3 is 3.12 bits per heavy atom. The van der Waals surface area contributed by atoms with Crippen molar-refractivity contribution in [2.75, 3.05) is 6.54 Å². The summed E-state index contributed by atoms with van der Waals surface area (Å²) in [5, 5.41) is 5.92. The van der Waals surface area contributed by atoms with E-state index in [1.54, 1.807) is 11.3 Å². The van der Waals surface area contributed by atoms with E-state index in [0.717, 1.165) is 5.56 Å². The highest BCUT2D eigenvalue weighted by Gasteiger charge is 1.94. The highest BCUT2D eigenvalue weighted by atomic mass is 32.1. The maximum atomic E-state index is 10.6. The van der Waals surface area contributed by atoms with Gasteiger partial charge in [0.05, 0.1) is 6.54 Å². The largest absolute Gasteiger partial charge is 0.345 e. The summed E-state index contributed by atoms with van der Waals surface area (Å²) in [5.74, 6) is 5.88. The van der Waals surface area contributed by atoms with Gasteiger partial charge in [-0.1, -0.05) is 11.8 Å². The monoisotopic (exact) mass is 229 g/mol. The normalized spacial score (nSPS) is 9.56. The zero-order chi connectivity index (χ0) is 11.4. The molecule has 0 unspecified atom stereocenters. The first kappa shape index (κ1) is 10.7. The van der Waals surface area contributed by atoms with E-state index < -0.39 is 0 Å². The molecule has 1 amide bonds. The van der Waals surface area contributed by atoms with Gasteiger partial charge in [-0.2, -0.15) is 0 Å². The van der Waals surface area contributed by atoms with E-state index in [1.165, 1.54) is 17.0 Å². The summed E-state index contributed by atoms with van der Waals surface area (Å²) in [7, 11) is 0. The van der Waals surface area contributed by atoms with Crippen LogP contribution < -0.4 is 5.32 Å². The molecule has 0 spiro atoms. The number of carbonyl (C=O) groups is 1. The SMILES string of the molecule is CC(=O)NCC#Cc1ccc2sccc2c1. The van der Waals surface area contributed by atoms with Gasteiger partial charge in [0.2, 0.25) is 5.91 Å². The third-order valence-electron chi connectivity index (χ3n) is 2.11. The van der Waals surface area contributed by atoms with Crippen molar-refractivity contribution < 1.29 is 4.79 Å². The molecular weight excluding hydrogens is 218 g/mol. The number of hydrogen-bond acceptors (Lipinski definition) is 2. The van der Waals surface area contributed by atoms with Crippen molar-refractivity contribution in [1.29, 1.82) is 0 Å². The molecule has 80 valence electrons. The second-order valence-electron chi connectivity index (χ2n) is 3.38. The number of rotatable bonds is 1. The third-order valence-corrected chi connectivity index (χ3v) is 3.01. The molecule has 0 radical (unpaired) electrons. The lowest BCUT2D eigenvalue weighted by molar-refractivity contribution is -0.118. The van der Waals surface area contributed by atoms with Crippen molar-refractivity contribution in [1.82, 2.24) is 5.32 Å². The Morgan fingerprint density at radius 2 is 2.31 bits per heavy atom. The van der Waals surface area contributed by atoms with Crippen LogP contribution in [0.1, 0.15) is 12.5 Å². The van der Waals surface area contributed by atoms with E-state index in [0.29, 0.717) is 6.54 Å². The van der Waals surface area contributed by atoms with Crippen LogP contribution in [0.2, 0.25) is 0 Å². The number of nitrogens with one attached hydrogen (secondary N) is 1. The van der Waals surface area contributed by atoms with Crippen molar-refractivity contribution in [2.24, 2.45) is 0 Å². The fraction of sp³-hybridized carbons (Fsp3) is 0.154. The number of thiophene rings is 1. The summed E-state index contributed by atoms with van der Waals surface area (Å²) in [6.45, 7) is 1.89. The maximum absolute atomic E-state index is 10.6. The molecular formula is C13H11NOS. The molecule has 0 saturated carbocycles. The number of fused-ring (bicyclic) bond motifs is 1. The lowest BCUT2D eigenvalue weighted by Crippen LogP contribution is -2.19. The minimum Gasteiger partial charge on any atom is -0.345 e. The Labute approximate surface area is 98.3 Å². The van der Waals surface area contributed by atoms with Crippen molar-refractivity contribution in [3.05, 3.63) is 35.2 Å². The first-order valence-corrected chi connectivity index (χ1v) is 5.84. The molecule has 0 fully saturated rings. The van der Waals surface area contributed by atoms with Crippen molar-refractivity contribution >= 4 is 27.3 Å². The molecule has 0 atom stereocenters. The van der Waals surface area contributed by atoms with Crippen molar-refractivity contribution in [3.63, 3.8) is 0 Å². The Balaban J connectivity index is 2.11. The van der Waals surface area contributed by atoms with Crippen LogP contribution in [0, 0.1) is 11.8 Å². The van der Waals surface area contributed by atoms with E-state index in [9.17, 15) is 4.79 Å². The number of hydrogen-bond donors (Lipinski definition) is 1. The van der Waals surface area contributed by atoms with Gasteiger partial charge < -0.3 is 5.32 Å². The fourth-order valence-corrected chi connectivity index (χ4v) is 2.13. The van der Waals surface area contributed by atoms with E-state index in [2.05, 4.69) is 40.7 Å². The summed E-state index contributed by atoms with van der Waals surface area (Å²) in [6.07, 6.45) is 0. The average molecular weight is 229 g/mol. The molecule has 0 aliphatic carbocycles. The van der Waals surface area contributed by atoms with Gasteiger partial charge in [0.1, 0.15) is 0 Å². The lowest BCUT2D eigenvalue weighted by Gasteiger charge is -1.93. The van der Waals surface area contributed by atoms with E-state index in [4.69, 9.17) is 0 Å². The molecule has 0 aliphatic rings. The van der Waals surface area contributed by atoms with Crippen LogP contribution in [0.25, 0.3) is 10.1 Å². The van der Waals surface area contributed by atoms with Crippen LogP contribution in [-0.2, 0) is 4.79 Å². The molecule has 1 heterocycles. The Morgan fingerprint density at radius 1 is 1.44 bits per heavy atom. The molecule has 1 aromatic heterocycles. The smallest absolute Gasteiger partial charge is 0.217 e. The van der Waals surface area contributed by atoms with Gasteiger partial charge >= 0.3 is 0 Å². The summed E-state index contributed by atoms with van der Waals surface area (Å²) >= 11 is 1.72. The van der Waals surface area contributed by atoms with Crippen molar-refractivity contribution in [2.45, 2.75) is 6.92 Å². The quantitative estimate of drug-likeness (QED) is 0.747. The van der Waals surface area contributed by atoms with Crippen LogP contribution in [0.5, 0.6) is 0 Å². The highest BCUT2D eigenvalue weighted by Crippen LogP contribution is 2.21. The first-order chi connectivity index (χ1) is 7.75. The van der Waals surface area contributed by atoms with Crippen molar-refractivity contribution in [3.8, 4) is 11.8 Å². The van der Waals surface area contributed by atoms with Gasteiger partial charge in [0, 0.05) is 17.2 Å². The predicted molar refractivity (Wildman–Crippen MR) is 67.4 cm³/mol.